The molecule has 0 atom stereocenters. The molecule has 0 amide bonds. The van der Waals surface area contributed by atoms with Crippen LogP contribution in [0.4, 0.5) is 0 Å². The summed E-state index contributed by atoms with van der Waals surface area (Å²) >= 11 is 0. The molecule has 3 rings (SSSR count). The third-order valence-electron chi connectivity index (χ3n) is 8.38. The van der Waals surface area contributed by atoms with E-state index in [2.05, 4.69) is 131 Å². The third kappa shape index (κ3) is 12.3. The van der Waals surface area contributed by atoms with Gasteiger partial charge in [-0.05, 0) is 83.4 Å². The Labute approximate surface area is 288 Å². The minimum Gasteiger partial charge on any atom is -0.507 e. The normalized spacial score (nSPS) is 15.0. The van der Waals surface area contributed by atoms with Crippen molar-refractivity contribution < 1.29 is 17.7 Å². The number of hydrogen-bond acceptors (Lipinski definition) is 6. The van der Waals surface area contributed by atoms with E-state index in [1.807, 2.05) is 0 Å². The molecule has 6 nitrogen and oxygen atoms in total. The van der Waals surface area contributed by atoms with Crippen LogP contribution in [0.5, 0.6) is 11.5 Å². The summed E-state index contributed by atoms with van der Waals surface area (Å²) in [5.74, 6) is 0.973. The van der Waals surface area contributed by atoms with Crippen molar-refractivity contribution in [3.05, 3.63) is 57.6 Å². The molecule has 1 saturated heterocycles. The standard InChI is InChI=1S/C19H33NO3S.C19H31NO.ClH/c1-10-20(8)13-14-11-15(18(2,3)4)17(23-24(9,21)22)16(12-14)19(5,6)7;1-18(2,3)15-11-14(13-20-9-7-8-10-20)12-16(17(15)21)19(4,5)6;/h11-12H,10,13H2,1-9H3;11-12,21H,7-10,13H2,1-6H3;1H. The monoisotopic (exact) mass is 680 g/mol. The van der Waals surface area contributed by atoms with Gasteiger partial charge in [-0.2, -0.15) is 8.42 Å². The smallest absolute Gasteiger partial charge is 0.306 e. The maximum Gasteiger partial charge on any atom is 0.306 e. The Bertz CT molecular complexity index is 1330. The SMILES string of the molecule is CC(C)(C)c1cc(CN2CCCC2)cc(C(C)(C)C)c1O.CCN(C)Cc1cc(C(C)(C)C)c(OS(C)(=O)=O)c(C(C)(C)C)c1.Cl. The molecular weight excluding hydrogens is 616 g/mol. The lowest BCUT2D eigenvalue weighted by atomic mass is 9.78. The second kappa shape index (κ2) is 15.6. The average molecular weight is 681 g/mol. The van der Waals surface area contributed by atoms with E-state index in [0.29, 0.717) is 11.5 Å². The number of phenolic OH excluding ortho intramolecular Hbond substituents is 1. The summed E-state index contributed by atoms with van der Waals surface area (Å²) in [6.45, 7) is 32.8. The zero-order chi connectivity index (χ0) is 34.8. The van der Waals surface area contributed by atoms with Crippen molar-refractivity contribution in [3.63, 3.8) is 0 Å². The van der Waals surface area contributed by atoms with E-state index >= 15 is 0 Å². The zero-order valence-electron chi connectivity index (χ0n) is 31.6. The molecule has 1 aliphatic heterocycles. The fraction of sp³-hybridized carbons (Fsp3) is 0.684. The summed E-state index contributed by atoms with van der Waals surface area (Å²) in [4.78, 5) is 4.75. The molecule has 1 aliphatic rings. The van der Waals surface area contributed by atoms with Crippen LogP contribution in [0.2, 0.25) is 0 Å². The van der Waals surface area contributed by atoms with Gasteiger partial charge in [-0.3, -0.25) is 4.90 Å². The van der Waals surface area contributed by atoms with Crippen LogP contribution in [0.25, 0.3) is 0 Å². The van der Waals surface area contributed by atoms with Gasteiger partial charge in [0.15, 0.2) is 0 Å². The molecule has 0 saturated carbocycles. The summed E-state index contributed by atoms with van der Waals surface area (Å²) in [6, 6.07) is 8.59. The van der Waals surface area contributed by atoms with Crippen LogP contribution >= 0.6 is 12.4 Å². The highest BCUT2D eigenvalue weighted by molar-refractivity contribution is 7.86. The van der Waals surface area contributed by atoms with Gasteiger partial charge in [-0.1, -0.05) is 114 Å². The third-order valence-corrected chi connectivity index (χ3v) is 8.85. The zero-order valence-corrected chi connectivity index (χ0v) is 33.3. The van der Waals surface area contributed by atoms with Crippen LogP contribution in [-0.2, 0) is 44.9 Å². The van der Waals surface area contributed by atoms with Gasteiger partial charge in [-0.15, -0.1) is 12.4 Å². The summed E-state index contributed by atoms with van der Waals surface area (Å²) in [5.41, 5.74) is 6.00. The van der Waals surface area contributed by atoms with Crippen LogP contribution in [0.1, 0.15) is 136 Å². The number of hydrogen-bond donors (Lipinski definition) is 1. The van der Waals surface area contributed by atoms with Crippen molar-refractivity contribution in [3.8, 4) is 11.5 Å². The fourth-order valence-electron chi connectivity index (χ4n) is 5.69. The van der Waals surface area contributed by atoms with Crippen molar-refractivity contribution >= 4 is 22.5 Å². The first-order chi connectivity index (χ1) is 20.2. The van der Waals surface area contributed by atoms with Crippen LogP contribution in [0, 0.1) is 0 Å². The first kappa shape index (κ1) is 42.2. The number of phenols is 1. The summed E-state index contributed by atoms with van der Waals surface area (Å²) in [6.07, 6.45) is 3.73. The van der Waals surface area contributed by atoms with E-state index in [-0.39, 0.29) is 34.1 Å². The Hall–Kier alpha value is -1.80. The van der Waals surface area contributed by atoms with Crippen LogP contribution in [-0.4, -0.2) is 56.3 Å². The quantitative estimate of drug-likeness (QED) is 0.294. The maximum atomic E-state index is 11.8. The second-order valence-corrected chi connectivity index (χ2v) is 18.7. The molecule has 1 fully saturated rings. The lowest BCUT2D eigenvalue weighted by Crippen LogP contribution is -2.23. The molecule has 8 heteroatoms. The van der Waals surface area contributed by atoms with Crippen molar-refractivity contribution in [2.24, 2.45) is 0 Å². The number of halogens is 1. The summed E-state index contributed by atoms with van der Waals surface area (Å²) < 4.78 is 29.1. The largest absolute Gasteiger partial charge is 0.507 e. The molecule has 0 aromatic heterocycles. The molecule has 1 heterocycles. The van der Waals surface area contributed by atoms with Gasteiger partial charge < -0.3 is 14.2 Å². The molecule has 0 spiro atoms. The predicted octanol–water partition coefficient (Wildman–Crippen LogP) is 9.08. The van der Waals surface area contributed by atoms with Crippen molar-refractivity contribution in [2.45, 2.75) is 138 Å². The average Bonchev–Trinajstić information content (AvgIpc) is 3.35. The van der Waals surface area contributed by atoms with E-state index in [9.17, 15) is 13.5 Å². The van der Waals surface area contributed by atoms with Crippen molar-refractivity contribution in [1.82, 2.24) is 9.80 Å². The maximum absolute atomic E-state index is 11.8. The number of aromatic hydroxyl groups is 1. The molecule has 46 heavy (non-hydrogen) atoms. The molecule has 0 unspecified atom stereocenters. The summed E-state index contributed by atoms with van der Waals surface area (Å²) in [7, 11) is -1.52. The van der Waals surface area contributed by atoms with E-state index in [1.54, 1.807) is 0 Å². The minimum absolute atomic E-state index is 0. The van der Waals surface area contributed by atoms with Gasteiger partial charge in [0.25, 0.3) is 0 Å². The highest BCUT2D eigenvalue weighted by Crippen LogP contribution is 2.42. The van der Waals surface area contributed by atoms with Gasteiger partial charge >= 0.3 is 10.1 Å². The molecule has 2 aromatic carbocycles. The fourth-order valence-corrected chi connectivity index (χ4v) is 6.17. The minimum atomic E-state index is -3.59. The molecule has 264 valence electrons. The number of likely N-dealkylation sites (tertiary alicyclic amines) is 1. The second-order valence-electron chi connectivity index (χ2n) is 17.2. The van der Waals surface area contributed by atoms with Gasteiger partial charge in [-0.25, -0.2) is 0 Å². The molecule has 0 radical (unpaired) electrons. The van der Waals surface area contributed by atoms with E-state index in [1.165, 1.54) is 37.1 Å². The number of rotatable bonds is 7. The van der Waals surface area contributed by atoms with E-state index in [0.717, 1.165) is 48.1 Å². The first-order valence-corrected chi connectivity index (χ1v) is 18.4. The van der Waals surface area contributed by atoms with Gasteiger partial charge in [0.1, 0.15) is 11.5 Å². The highest BCUT2D eigenvalue weighted by Gasteiger charge is 2.30. The number of benzene rings is 2. The lowest BCUT2D eigenvalue weighted by molar-refractivity contribution is 0.330. The highest BCUT2D eigenvalue weighted by atomic mass is 35.5. The van der Waals surface area contributed by atoms with Crippen LogP contribution < -0.4 is 4.18 Å². The molecule has 2 aromatic rings. The van der Waals surface area contributed by atoms with E-state index in [4.69, 9.17) is 4.18 Å². The van der Waals surface area contributed by atoms with E-state index < -0.39 is 10.1 Å². The molecule has 0 aliphatic carbocycles. The van der Waals surface area contributed by atoms with Crippen molar-refractivity contribution in [1.29, 1.82) is 0 Å². The van der Waals surface area contributed by atoms with Gasteiger partial charge in [0.2, 0.25) is 0 Å². The molecule has 0 bridgehead atoms. The van der Waals surface area contributed by atoms with Gasteiger partial charge in [0, 0.05) is 24.2 Å². The van der Waals surface area contributed by atoms with Crippen LogP contribution in [0.15, 0.2) is 24.3 Å². The summed E-state index contributed by atoms with van der Waals surface area (Å²) in [5, 5.41) is 10.7. The Morgan fingerprint density at radius 1 is 0.739 bits per heavy atom. The Balaban J connectivity index is 0.000000453. The Morgan fingerprint density at radius 3 is 1.43 bits per heavy atom. The number of nitrogens with zero attached hydrogens (tertiary/aromatic N) is 2. The van der Waals surface area contributed by atoms with Crippen LogP contribution in [0.3, 0.4) is 0 Å². The topological polar surface area (TPSA) is 70.1 Å². The Morgan fingerprint density at radius 2 is 1.11 bits per heavy atom. The van der Waals surface area contributed by atoms with Crippen molar-refractivity contribution in [2.75, 3.05) is 32.9 Å². The van der Waals surface area contributed by atoms with Gasteiger partial charge in [0.05, 0.1) is 6.26 Å². The first-order valence-electron chi connectivity index (χ1n) is 16.6. The molecular formula is C38H65ClN2O4S. The Kier molecular flexibility index (Phi) is 14.3. The predicted molar refractivity (Wildman–Crippen MR) is 199 cm³/mol. The molecule has 1 N–H and O–H groups in total. The lowest BCUT2D eigenvalue weighted by Gasteiger charge is -2.30.